The van der Waals surface area contributed by atoms with Crippen molar-refractivity contribution in [2.24, 2.45) is 5.92 Å². The Hall–Kier alpha value is -3.27. The van der Waals surface area contributed by atoms with Gasteiger partial charge >= 0.3 is 5.69 Å². The minimum absolute atomic E-state index is 0.123. The molecule has 0 bridgehead atoms. The third-order valence-electron chi connectivity index (χ3n) is 3.80. The van der Waals surface area contributed by atoms with Crippen LogP contribution < -0.4 is 5.32 Å². The molecular weight excluding hydrogens is 374 g/mol. The van der Waals surface area contributed by atoms with Crippen LogP contribution in [-0.2, 0) is 17.9 Å². The Balaban J connectivity index is 1.58. The molecule has 2 aromatic heterocycles. The number of carbonyl (C=O) groups is 1. The molecule has 1 unspecified atom stereocenters. The highest BCUT2D eigenvalue weighted by atomic mass is 35.5. The van der Waals surface area contributed by atoms with Crippen molar-refractivity contribution in [1.82, 2.24) is 24.5 Å². The fourth-order valence-electron chi connectivity index (χ4n) is 2.37. The van der Waals surface area contributed by atoms with Gasteiger partial charge in [-0.25, -0.2) is 9.67 Å². The number of hydrogen-bond donors (Lipinski definition) is 1. The van der Waals surface area contributed by atoms with Gasteiger partial charge in [0.15, 0.2) is 0 Å². The Kier molecular flexibility index (Phi) is 5.46. The minimum Gasteiger partial charge on any atom is -0.293 e. The summed E-state index contributed by atoms with van der Waals surface area (Å²) in [6, 6.07) is 7.39. The Morgan fingerprint density at radius 3 is 2.85 bits per heavy atom. The summed E-state index contributed by atoms with van der Waals surface area (Å²) in [6.45, 7) is 2.30. The zero-order chi connectivity index (χ0) is 19.4. The summed E-state index contributed by atoms with van der Waals surface area (Å²) >= 11 is 6.12. The van der Waals surface area contributed by atoms with E-state index in [0.29, 0.717) is 11.6 Å². The molecular formula is C16H16ClN7O3. The lowest BCUT2D eigenvalue weighted by Crippen LogP contribution is -2.25. The smallest absolute Gasteiger partial charge is 0.293 e. The minimum atomic E-state index is -0.538. The van der Waals surface area contributed by atoms with Crippen LogP contribution >= 0.6 is 11.6 Å². The fraction of sp³-hybridized carbons (Fsp3) is 0.250. The van der Waals surface area contributed by atoms with E-state index in [0.717, 1.165) is 11.8 Å². The first-order valence-corrected chi connectivity index (χ1v) is 8.40. The molecule has 10 nitrogen and oxygen atoms in total. The van der Waals surface area contributed by atoms with Gasteiger partial charge < -0.3 is 0 Å². The lowest BCUT2D eigenvalue weighted by Gasteiger charge is -2.10. The van der Waals surface area contributed by atoms with Gasteiger partial charge in [-0.2, -0.15) is 5.10 Å². The molecule has 0 fully saturated rings. The van der Waals surface area contributed by atoms with Crippen LogP contribution in [0.25, 0.3) is 0 Å². The molecule has 27 heavy (non-hydrogen) atoms. The largest absolute Gasteiger partial charge is 0.306 e. The molecule has 0 aliphatic heterocycles. The molecule has 1 N–H and O–H groups in total. The fourth-order valence-corrected chi connectivity index (χ4v) is 2.57. The van der Waals surface area contributed by atoms with E-state index < -0.39 is 10.8 Å². The van der Waals surface area contributed by atoms with Crippen LogP contribution in [0, 0.1) is 16.0 Å². The van der Waals surface area contributed by atoms with E-state index in [4.69, 9.17) is 11.6 Å². The number of halogens is 1. The lowest BCUT2D eigenvalue weighted by molar-refractivity contribution is -0.385. The molecule has 0 aliphatic carbocycles. The van der Waals surface area contributed by atoms with Crippen molar-refractivity contribution in [3.8, 4) is 0 Å². The standard InChI is InChI=1S/C16H16ClN7O3/c1-11(7-22-9-13(6-19-22)24(26)27)15(25)20-16-18-10-23(21-16)8-12-4-2-3-5-14(12)17/h2-6,9-11H,7-8H2,1H3,(H,20,21,25). The van der Waals surface area contributed by atoms with E-state index in [1.807, 2.05) is 18.2 Å². The Bertz CT molecular complexity index is 968. The number of benzene rings is 1. The summed E-state index contributed by atoms with van der Waals surface area (Å²) in [5.74, 6) is -0.631. The van der Waals surface area contributed by atoms with E-state index in [1.165, 1.54) is 17.2 Å². The highest BCUT2D eigenvalue weighted by molar-refractivity contribution is 6.31. The van der Waals surface area contributed by atoms with Crippen LogP contribution in [0.3, 0.4) is 0 Å². The maximum absolute atomic E-state index is 12.3. The summed E-state index contributed by atoms with van der Waals surface area (Å²) in [4.78, 5) is 26.5. The van der Waals surface area contributed by atoms with Gasteiger partial charge in [0, 0.05) is 5.02 Å². The van der Waals surface area contributed by atoms with Gasteiger partial charge in [-0.1, -0.05) is 36.7 Å². The quantitative estimate of drug-likeness (QED) is 0.489. The number of nitro groups is 1. The number of carbonyl (C=O) groups excluding carboxylic acids is 1. The first-order valence-electron chi connectivity index (χ1n) is 8.03. The maximum Gasteiger partial charge on any atom is 0.306 e. The molecule has 0 saturated carbocycles. The number of nitrogens with one attached hydrogen (secondary N) is 1. The zero-order valence-electron chi connectivity index (χ0n) is 14.3. The summed E-state index contributed by atoms with van der Waals surface area (Å²) < 4.78 is 2.92. The van der Waals surface area contributed by atoms with Crippen LogP contribution in [0.1, 0.15) is 12.5 Å². The molecule has 0 spiro atoms. The molecule has 1 atom stereocenters. The monoisotopic (exact) mass is 389 g/mol. The topological polar surface area (TPSA) is 121 Å². The van der Waals surface area contributed by atoms with Crippen LogP contribution in [0.15, 0.2) is 43.0 Å². The van der Waals surface area contributed by atoms with Gasteiger partial charge in [-0.05, 0) is 11.6 Å². The van der Waals surface area contributed by atoms with Crippen LogP contribution in [-0.4, -0.2) is 35.4 Å². The van der Waals surface area contributed by atoms with Gasteiger partial charge in [-0.3, -0.25) is 24.9 Å². The highest BCUT2D eigenvalue weighted by Gasteiger charge is 2.18. The van der Waals surface area contributed by atoms with Crippen molar-refractivity contribution in [3.05, 3.63) is 63.7 Å². The van der Waals surface area contributed by atoms with Crippen molar-refractivity contribution in [3.63, 3.8) is 0 Å². The van der Waals surface area contributed by atoms with Gasteiger partial charge in [0.05, 0.1) is 23.9 Å². The normalized spacial score (nSPS) is 11.9. The number of rotatable bonds is 7. The second kappa shape index (κ2) is 7.96. The van der Waals surface area contributed by atoms with E-state index >= 15 is 0 Å². The average molecular weight is 390 g/mol. The van der Waals surface area contributed by atoms with Crippen molar-refractivity contribution in [1.29, 1.82) is 0 Å². The van der Waals surface area contributed by atoms with E-state index in [2.05, 4.69) is 20.5 Å². The number of hydrogen-bond acceptors (Lipinski definition) is 6. The van der Waals surface area contributed by atoms with Crippen molar-refractivity contribution in [2.45, 2.75) is 20.0 Å². The van der Waals surface area contributed by atoms with Crippen molar-refractivity contribution in [2.75, 3.05) is 5.32 Å². The SMILES string of the molecule is CC(Cn1cc([N+](=O)[O-])cn1)C(=O)Nc1ncn(Cc2ccccc2Cl)n1. The Morgan fingerprint density at radius 2 is 2.15 bits per heavy atom. The van der Waals surface area contributed by atoms with Gasteiger partial charge in [0.25, 0.3) is 0 Å². The number of nitrogens with zero attached hydrogens (tertiary/aromatic N) is 6. The van der Waals surface area contributed by atoms with E-state index in [-0.39, 0.29) is 24.1 Å². The highest BCUT2D eigenvalue weighted by Crippen LogP contribution is 2.16. The first-order chi connectivity index (χ1) is 12.9. The van der Waals surface area contributed by atoms with E-state index in [1.54, 1.807) is 17.7 Å². The van der Waals surface area contributed by atoms with Gasteiger partial charge in [0.2, 0.25) is 11.9 Å². The molecule has 1 aromatic carbocycles. The Labute approximate surface area is 158 Å². The van der Waals surface area contributed by atoms with Crippen molar-refractivity contribution >= 4 is 29.1 Å². The Morgan fingerprint density at radius 1 is 1.37 bits per heavy atom. The summed E-state index contributed by atoms with van der Waals surface area (Å²) in [5, 5.41) is 22.0. The third kappa shape index (κ3) is 4.67. The van der Waals surface area contributed by atoms with Gasteiger partial charge in [0.1, 0.15) is 18.7 Å². The predicted molar refractivity (Wildman–Crippen MR) is 97.3 cm³/mol. The summed E-state index contributed by atoms with van der Waals surface area (Å²) in [6.07, 6.45) is 3.92. The van der Waals surface area contributed by atoms with Crippen LogP contribution in [0.2, 0.25) is 5.02 Å². The van der Waals surface area contributed by atoms with Crippen LogP contribution in [0.4, 0.5) is 11.6 Å². The first kappa shape index (κ1) is 18.5. The maximum atomic E-state index is 12.3. The second-order valence-electron chi connectivity index (χ2n) is 5.93. The van der Waals surface area contributed by atoms with Gasteiger partial charge in [-0.15, -0.1) is 5.10 Å². The zero-order valence-corrected chi connectivity index (χ0v) is 15.1. The molecule has 1 amide bonds. The molecule has 2 heterocycles. The molecule has 0 aliphatic rings. The number of amides is 1. The molecule has 0 saturated heterocycles. The average Bonchev–Trinajstić information content (AvgIpc) is 3.26. The number of anilines is 1. The summed E-state index contributed by atoms with van der Waals surface area (Å²) in [7, 11) is 0. The lowest BCUT2D eigenvalue weighted by atomic mass is 10.1. The molecule has 140 valence electrons. The second-order valence-corrected chi connectivity index (χ2v) is 6.33. The molecule has 0 radical (unpaired) electrons. The molecule has 3 rings (SSSR count). The molecule has 11 heteroatoms. The molecule has 3 aromatic rings. The third-order valence-corrected chi connectivity index (χ3v) is 4.17. The predicted octanol–water partition coefficient (Wildman–Crippen LogP) is 2.36. The van der Waals surface area contributed by atoms with Crippen LogP contribution in [0.5, 0.6) is 0 Å². The van der Waals surface area contributed by atoms with E-state index in [9.17, 15) is 14.9 Å². The summed E-state index contributed by atoms with van der Waals surface area (Å²) in [5.41, 5.74) is 0.762. The number of aromatic nitrogens is 5. The van der Waals surface area contributed by atoms with Crippen molar-refractivity contribution < 1.29 is 9.72 Å².